The summed E-state index contributed by atoms with van der Waals surface area (Å²) in [6.45, 7) is 0. The average molecular weight is 281 g/mol. The van der Waals surface area contributed by atoms with Crippen LogP contribution in [-0.2, 0) is 0 Å². The summed E-state index contributed by atoms with van der Waals surface area (Å²) in [4.78, 5) is 4.11. The third-order valence-corrected chi connectivity index (χ3v) is 2.74. The number of benzene rings is 2. The zero-order valence-electron chi connectivity index (χ0n) is 9.29. The predicted octanol–water partition coefficient (Wildman–Crippen LogP) is 4.55. The highest BCUT2D eigenvalue weighted by Gasteiger charge is 1.99. The van der Waals surface area contributed by atoms with E-state index in [0.717, 1.165) is 5.06 Å². The lowest BCUT2D eigenvalue weighted by molar-refractivity contribution is 0.317. The molecule has 0 amide bonds. The Kier molecular flexibility index (Phi) is 4.20. The molecule has 0 unspecified atom stereocenters. The molecule has 0 aliphatic heterocycles. The highest BCUT2D eigenvalue weighted by molar-refractivity contribution is 6.30. The molecule has 0 heterocycles. The van der Waals surface area contributed by atoms with Crippen LogP contribution in [0.1, 0.15) is 0 Å². The van der Waals surface area contributed by atoms with Crippen molar-refractivity contribution < 1.29 is 5.21 Å². The van der Waals surface area contributed by atoms with Gasteiger partial charge in [0.25, 0.3) is 0 Å². The molecule has 2 aromatic rings. The molecule has 0 aliphatic rings. The first kappa shape index (κ1) is 12.9. The van der Waals surface area contributed by atoms with Crippen molar-refractivity contribution >= 4 is 40.9 Å². The van der Waals surface area contributed by atoms with E-state index >= 15 is 0 Å². The fourth-order valence-electron chi connectivity index (χ4n) is 1.31. The SMILES string of the molecule is ON(C=Nc1ccc(Cl)cc1)c1ccc(Cl)cc1. The van der Waals surface area contributed by atoms with Crippen LogP contribution in [0, 0.1) is 0 Å². The van der Waals surface area contributed by atoms with Gasteiger partial charge in [0, 0.05) is 10.0 Å². The fraction of sp³-hybridized carbons (Fsp3) is 0. The van der Waals surface area contributed by atoms with Crippen LogP contribution in [0.15, 0.2) is 53.5 Å². The molecule has 92 valence electrons. The standard InChI is InChI=1S/C13H10Cl2N2O/c14-10-1-5-12(6-2-10)16-9-17(18)13-7-3-11(15)4-8-13/h1-9,18H. The molecule has 0 fully saturated rings. The molecule has 1 N–H and O–H groups in total. The third-order valence-electron chi connectivity index (χ3n) is 2.23. The van der Waals surface area contributed by atoms with Crippen molar-refractivity contribution in [1.82, 2.24) is 0 Å². The van der Waals surface area contributed by atoms with Crippen LogP contribution in [0.2, 0.25) is 10.0 Å². The normalized spacial score (nSPS) is 10.8. The first-order valence-electron chi connectivity index (χ1n) is 5.18. The Balaban J connectivity index is 2.08. The summed E-state index contributed by atoms with van der Waals surface area (Å²) in [5, 5.41) is 11.9. The maximum atomic E-state index is 9.74. The van der Waals surface area contributed by atoms with Gasteiger partial charge in [-0.3, -0.25) is 5.21 Å². The van der Waals surface area contributed by atoms with Crippen molar-refractivity contribution in [2.24, 2.45) is 4.99 Å². The first-order chi connectivity index (χ1) is 8.65. The number of anilines is 1. The molecule has 0 radical (unpaired) electrons. The number of hydrogen-bond donors (Lipinski definition) is 1. The summed E-state index contributed by atoms with van der Waals surface area (Å²) in [6.07, 6.45) is 1.31. The zero-order valence-corrected chi connectivity index (χ0v) is 10.8. The maximum absolute atomic E-state index is 9.74. The number of aliphatic imine (C=N–C) groups is 1. The molecule has 0 atom stereocenters. The van der Waals surface area contributed by atoms with E-state index in [-0.39, 0.29) is 0 Å². The smallest absolute Gasteiger partial charge is 0.122 e. The Morgan fingerprint density at radius 1 is 0.889 bits per heavy atom. The zero-order chi connectivity index (χ0) is 13.0. The van der Waals surface area contributed by atoms with Crippen molar-refractivity contribution in [3.8, 4) is 0 Å². The van der Waals surface area contributed by atoms with Crippen LogP contribution in [0.4, 0.5) is 11.4 Å². The average Bonchev–Trinajstić information content (AvgIpc) is 2.38. The van der Waals surface area contributed by atoms with Gasteiger partial charge >= 0.3 is 0 Å². The van der Waals surface area contributed by atoms with Gasteiger partial charge < -0.3 is 0 Å². The second kappa shape index (κ2) is 5.87. The van der Waals surface area contributed by atoms with Crippen LogP contribution in [0.25, 0.3) is 0 Å². The van der Waals surface area contributed by atoms with Gasteiger partial charge in [-0.15, -0.1) is 0 Å². The molecule has 2 rings (SSSR count). The summed E-state index contributed by atoms with van der Waals surface area (Å²) in [5.74, 6) is 0. The summed E-state index contributed by atoms with van der Waals surface area (Å²) in [7, 11) is 0. The third kappa shape index (κ3) is 3.47. The summed E-state index contributed by atoms with van der Waals surface area (Å²) >= 11 is 11.5. The van der Waals surface area contributed by atoms with E-state index < -0.39 is 0 Å². The maximum Gasteiger partial charge on any atom is 0.122 e. The van der Waals surface area contributed by atoms with Crippen molar-refractivity contribution in [2.45, 2.75) is 0 Å². The van der Waals surface area contributed by atoms with Gasteiger partial charge in [-0.25, -0.2) is 10.1 Å². The van der Waals surface area contributed by atoms with E-state index in [4.69, 9.17) is 23.2 Å². The molecular weight excluding hydrogens is 271 g/mol. The topological polar surface area (TPSA) is 35.8 Å². The molecular formula is C13H10Cl2N2O. The van der Waals surface area contributed by atoms with E-state index in [2.05, 4.69) is 4.99 Å². The minimum Gasteiger partial charge on any atom is -0.283 e. The highest BCUT2D eigenvalue weighted by atomic mass is 35.5. The Hall–Kier alpha value is -1.55. The molecule has 2 aromatic carbocycles. The molecule has 0 spiro atoms. The molecule has 5 heteroatoms. The molecule has 0 aromatic heterocycles. The monoisotopic (exact) mass is 280 g/mol. The van der Waals surface area contributed by atoms with E-state index in [9.17, 15) is 5.21 Å². The fourth-order valence-corrected chi connectivity index (χ4v) is 1.56. The minimum atomic E-state index is 0.581. The van der Waals surface area contributed by atoms with Gasteiger partial charge in [0.2, 0.25) is 0 Å². The molecule has 0 bridgehead atoms. The summed E-state index contributed by atoms with van der Waals surface area (Å²) in [5.41, 5.74) is 1.28. The number of nitrogens with zero attached hydrogens (tertiary/aromatic N) is 2. The van der Waals surface area contributed by atoms with Crippen molar-refractivity contribution in [3.63, 3.8) is 0 Å². The summed E-state index contributed by atoms with van der Waals surface area (Å²) < 4.78 is 0. The van der Waals surface area contributed by atoms with Gasteiger partial charge in [-0.05, 0) is 48.5 Å². The highest BCUT2D eigenvalue weighted by Crippen LogP contribution is 2.18. The van der Waals surface area contributed by atoms with Gasteiger partial charge in [0.05, 0.1) is 11.4 Å². The molecule has 3 nitrogen and oxygen atoms in total. The van der Waals surface area contributed by atoms with E-state index in [0.29, 0.717) is 21.4 Å². The minimum absolute atomic E-state index is 0.581. The van der Waals surface area contributed by atoms with E-state index in [1.165, 1.54) is 6.34 Å². The second-order valence-corrected chi connectivity index (χ2v) is 4.41. The Morgan fingerprint density at radius 2 is 1.39 bits per heavy atom. The lowest BCUT2D eigenvalue weighted by Gasteiger charge is -2.10. The van der Waals surface area contributed by atoms with Crippen LogP contribution < -0.4 is 5.06 Å². The predicted molar refractivity (Wildman–Crippen MR) is 75.3 cm³/mol. The van der Waals surface area contributed by atoms with E-state index in [1.807, 2.05) is 0 Å². The Labute approximate surface area is 115 Å². The largest absolute Gasteiger partial charge is 0.283 e. The van der Waals surface area contributed by atoms with Crippen LogP contribution in [-0.4, -0.2) is 11.5 Å². The lowest BCUT2D eigenvalue weighted by atomic mass is 10.3. The van der Waals surface area contributed by atoms with Crippen molar-refractivity contribution in [1.29, 1.82) is 0 Å². The van der Waals surface area contributed by atoms with Crippen molar-refractivity contribution in [3.05, 3.63) is 58.6 Å². The van der Waals surface area contributed by atoms with Gasteiger partial charge in [0.1, 0.15) is 6.34 Å². The van der Waals surface area contributed by atoms with Crippen LogP contribution >= 0.6 is 23.2 Å². The van der Waals surface area contributed by atoms with Crippen LogP contribution in [0.5, 0.6) is 0 Å². The lowest BCUT2D eigenvalue weighted by Crippen LogP contribution is -2.14. The van der Waals surface area contributed by atoms with Gasteiger partial charge in [-0.1, -0.05) is 23.2 Å². The number of hydroxylamine groups is 1. The van der Waals surface area contributed by atoms with Crippen LogP contribution in [0.3, 0.4) is 0 Å². The van der Waals surface area contributed by atoms with Gasteiger partial charge in [-0.2, -0.15) is 0 Å². The molecule has 18 heavy (non-hydrogen) atoms. The quantitative estimate of drug-likeness (QED) is 0.509. The molecule has 0 saturated carbocycles. The Morgan fingerprint density at radius 3 is 1.94 bits per heavy atom. The number of halogens is 2. The molecule has 0 saturated heterocycles. The number of rotatable bonds is 3. The first-order valence-corrected chi connectivity index (χ1v) is 5.94. The number of hydrogen-bond acceptors (Lipinski definition) is 2. The van der Waals surface area contributed by atoms with Gasteiger partial charge in [0.15, 0.2) is 0 Å². The van der Waals surface area contributed by atoms with E-state index in [1.54, 1.807) is 48.5 Å². The molecule has 0 aliphatic carbocycles. The second-order valence-electron chi connectivity index (χ2n) is 3.54. The summed E-state index contributed by atoms with van der Waals surface area (Å²) in [6, 6.07) is 13.7. The van der Waals surface area contributed by atoms with Crippen molar-refractivity contribution in [2.75, 3.05) is 5.06 Å². The Bertz CT molecular complexity index is 538.